The van der Waals surface area contributed by atoms with Crippen LogP contribution in [0.2, 0.25) is 0 Å². The van der Waals surface area contributed by atoms with Crippen LogP contribution >= 0.6 is 0 Å². The summed E-state index contributed by atoms with van der Waals surface area (Å²) < 4.78 is 5.08. The van der Waals surface area contributed by atoms with Crippen molar-refractivity contribution >= 4 is 17.8 Å². The lowest BCUT2D eigenvalue weighted by molar-refractivity contribution is -0.139. The summed E-state index contributed by atoms with van der Waals surface area (Å²) in [5.41, 5.74) is 0.809. The number of amides is 2. The van der Waals surface area contributed by atoms with E-state index in [4.69, 9.17) is 9.84 Å². The van der Waals surface area contributed by atoms with E-state index < -0.39 is 12.6 Å². The molecule has 24 heavy (non-hydrogen) atoms. The molecule has 1 aromatic carbocycles. The number of carboxylic acid groups (broad SMARTS) is 1. The van der Waals surface area contributed by atoms with Gasteiger partial charge in [-0.1, -0.05) is 12.1 Å². The normalized spacial score (nSPS) is 10.3. The van der Waals surface area contributed by atoms with Gasteiger partial charge in [0.2, 0.25) is 11.8 Å². The molecule has 0 bridgehead atoms. The predicted octanol–water partition coefficient (Wildman–Crippen LogP) is 1.46. The molecule has 0 unspecified atom stereocenters. The largest absolute Gasteiger partial charge is 0.482 e. The topological polar surface area (TPSA) is 105 Å². The van der Waals surface area contributed by atoms with Crippen LogP contribution in [0.3, 0.4) is 0 Å². The van der Waals surface area contributed by atoms with E-state index >= 15 is 0 Å². The van der Waals surface area contributed by atoms with Crippen LogP contribution in [0.4, 0.5) is 0 Å². The van der Waals surface area contributed by atoms with Gasteiger partial charge in [-0.15, -0.1) is 0 Å². The van der Waals surface area contributed by atoms with Gasteiger partial charge in [-0.05, 0) is 38.0 Å². The molecule has 0 radical (unpaired) electrons. The predicted molar refractivity (Wildman–Crippen MR) is 88.5 cm³/mol. The van der Waals surface area contributed by atoms with E-state index in [-0.39, 0.29) is 24.3 Å². The van der Waals surface area contributed by atoms with Gasteiger partial charge in [-0.25, -0.2) is 4.79 Å². The van der Waals surface area contributed by atoms with Gasteiger partial charge in [0.1, 0.15) is 5.75 Å². The van der Waals surface area contributed by atoms with E-state index in [0.29, 0.717) is 25.1 Å². The second kappa shape index (κ2) is 10.3. The summed E-state index contributed by atoms with van der Waals surface area (Å²) in [6.07, 6.45) is 1.09. The van der Waals surface area contributed by atoms with E-state index in [1.54, 1.807) is 18.2 Å². The van der Waals surface area contributed by atoms with Crippen molar-refractivity contribution in [3.8, 4) is 5.75 Å². The van der Waals surface area contributed by atoms with E-state index in [0.717, 1.165) is 5.56 Å². The van der Waals surface area contributed by atoms with Gasteiger partial charge in [-0.2, -0.15) is 0 Å². The second-order valence-corrected chi connectivity index (χ2v) is 5.68. The third kappa shape index (κ3) is 8.77. The van der Waals surface area contributed by atoms with E-state index in [1.807, 2.05) is 19.9 Å². The van der Waals surface area contributed by atoms with Gasteiger partial charge in [-0.3, -0.25) is 9.59 Å². The Hall–Kier alpha value is -2.57. The molecule has 0 aliphatic carbocycles. The maximum absolute atomic E-state index is 11.8. The van der Waals surface area contributed by atoms with Crippen molar-refractivity contribution in [2.24, 2.45) is 0 Å². The van der Waals surface area contributed by atoms with Crippen LogP contribution < -0.4 is 15.4 Å². The molecule has 0 saturated heterocycles. The molecule has 2 amide bonds. The number of hydrogen-bond donors (Lipinski definition) is 3. The first-order valence-electron chi connectivity index (χ1n) is 7.86. The smallest absolute Gasteiger partial charge is 0.341 e. The highest BCUT2D eigenvalue weighted by atomic mass is 16.5. The van der Waals surface area contributed by atoms with E-state index in [9.17, 15) is 14.4 Å². The highest BCUT2D eigenvalue weighted by molar-refractivity contribution is 5.78. The Balaban J connectivity index is 2.30. The number of benzene rings is 1. The van der Waals surface area contributed by atoms with Crippen LogP contribution in [-0.2, 0) is 20.9 Å². The zero-order valence-corrected chi connectivity index (χ0v) is 14.0. The van der Waals surface area contributed by atoms with E-state index in [2.05, 4.69) is 10.6 Å². The third-order valence-corrected chi connectivity index (χ3v) is 3.01. The lowest BCUT2D eigenvalue weighted by atomic mass is 10.2. The van der Waals surface area contributed by atoms with Crippen LogP contribution in [-0.4, -0.2) is 35.5 Å². The molecule has 0 aliphatic rings. The maximum atomic E-state index is 11.8. The third-order valence-electron chi connectivity index (χ3n) is 3.01. The molecule has 0 heterocycles. The minimum atomic E-state index is -1.05. The van der Waals surface area contributed by atoms with Crippen LogP contribution in [0.25, 0.3) is 0 Å². The highest BCUT2D eigenvalue weighted by Gasteiger charge is 2.07. The number of ether oxygens (including phenoxy) is 1. The first-order valence-corrected chi connectivity index (χ1v) is 7.86. The number of nitrogens with one attached hydrogen (secondary N) is 2. The standard InChI is InChI=1S/C17H24N2O5/c1-12(2)19-16(21)8-4-7-15(20)18-10-13-5-3-6-14(9-13)24-11-17(22)23/h3,5-6,9,12H,4,7-8,10-11H2,1-2H3,(H,18,20)(H,19,21)(H,22,23). The Labute approximate surface area is 141 Å². The molecule has 1 rings (SSSR count). The van der Waals surface area contributed by atoms with Gasteiger partial charge < -0.3 is 20.5 Å². The number of aliphatic carboxylic acids is 1. The van der Waals surface area contributed by atoms with Crippen molar-refractivity contribution in [2.75, 3.05) is 6.61 Å². The minimum Gasteiger partial charge on any atom is -0.482 e. The molecule has 0 aliphatic heterocycles. The lowest BCUT2D eigenvalue weighted by Crippen LogP contribution is -2.30. The fourth-order valence-electron chi connectivity index (χ4n) is 1.98. The number of carbonyl (C=O) groups excluding carboxylic acids is 2. The molecular weight excluding hydrogens is 312 g/mol. The van der Waals surface area contributed by atoms with Gasteiger partial charge >= 0.3 is 5.97 Å². The Morgan fingerprint density at radius 3 is 2.54 bits per heavy atom. The van der Waals surface area contributed by atoms with Crippen molar-refractivity contribution in [3.05, 3.63) is 29.8 Å². The molecule has 1 aromatic rings. The Kier molecular flexibility index (Phi) is 8.32. The summed E-state index contributed by atoms with van der Waals surface area (Å²) in [5, 5.41) is 14.1. The van der Waals surface area contributed by atoms with Crippen molar-refractivity contribution in [1.82, 2.24) is 10.6 Å². The first kappa shape index (κ1) is 19.5. The summed E-state index contributed by atoms with van der Waals surface area (Å²) in [4.78, 5) is 33.7. The first-order chi connectivity index (χ1) is 11.4. The maximum Gasteiger partial charge on any atom is 0.341 e. The van der Waals surface area contributed by atoms with Crippen molar-refractivity contribution in [2.45, 2.75) is 45.7 Å². The van der Waals surface area contributed by atoms with Crippen LogP contribution in [0.5, 0.6) is 5.75 Å². The average Bonchev–Trinajstić information content (AvgIpc) is 2.50. The number of carboxylic acids is 1. The van der Waals surface area contributed by atoms with Crippen LogP contribution in [0, 0.1) is 0 Å². The minimum absolute atomic E-state index is 0.0546. The molecule has 0 atom stereocenters. The molecule has 7 nitrogen and oxygen atoms in total. The Morgan fingerprint density at radius 2 is 1.88 bits per heavy atom. The summed E-state index contributed by atoms with van der Waals surface area (Å²) >= 11 is 0. The van der Waals surface area contributed by atoms with Crippen LogP contribution in [0.1, 0.15) is 38.7 Å². The lowest BCUT2D eigenvalue weighted by Gasteiger charge is -2.09. The number of carbonyl (C=O) groups is 3. The zero-order valence-electron chi connectivity index (χ0n) is 14.0. The molecule has 7 heteroatoms. The van der Waals surface area contributed by atoms with Crippen molar-refractivity contribution < 1.29 is 24.2 Å². The van der Waals surface area contributed by atoms with Gasteiger partial charge in [0.15, 0.2) is 6.61 Å². The second-order valence-electron chi connectivity index (χ2n) is 5.68. The molecule has 0 spiro atoms. The monoisotopic (exact) mass is 336 g/mol. The molecule has 132 valence electrons. The fourth-order valence-corrected chi connectivity index (χ4v) is 1.98. The van der Waals surface area contributed by atoms with Gasteiger partial charge in [0, 0.05) is 25.4 Å². The fraction of sp³-hybridized carbons (Fsp3) is 0.471. The quantitative estimate of drug-likeness (QED) is 0.600. The molecule has 3 N–H and O–H groups in total. The van der Waals surface area contributed by atoms with Gasteiger partial charge in [0.05, 0.1) is 0 Å². The Morgan fingerprint density at radius 1 is 1.17 bits per heavy atom. The average molecular weight is 336 g/mol. The number of rotatable bonds is 10. The van der Waals surface area contributed by atoms with Crippen LogP contribution in [0.15, 0.2) is 24.3 Å². The zero-order chi connectivity index (χ0) is 17.9. The summed E-state index contributed by atoms with van der Waals surface area (Å²) in [5.74, 6) is -0.796. The van der Waals surface area contributed by atoms with Crippen molar-refractivity contribution in [3.63, 3.8) is 0 Å². The number of hydrogen-bond acceptors (Lipinski definition) is 4. The molecule has 0 saturated carbocycles. The van der Waals surface area contributed by atoms with Gasteiger partial charge in [0.25, 0.3) is 0 Å². The molecule has 0 aromatic heterocycles. The summed E-state index contributed by atoms with van der Waals surface area (Å²) in [6.45, 7) is 3.69. The SMILES string of the molecule is CC(C)NC(=O)CCCC(=O)NCc1cccc(OCC(=O)O)c1. The molecular formula is C17H24N2O5. The summed E-state index contributed by atoms with van der Waals surface area (Å²) in [6, 6.07) is 6.97. The molecule has 0 fully saturated rings. The van der Waals surface area contributed by atoms with E-state index in [1.165, 1.54) is 0 Å². The highest BCUT2D eigenvalue weighted by Crippen LogP contribution is 2.13. The summed E-state index contributed by atoms with van der Waals surface area (Å²) in [7, 11) is 0. The Bertz CT molecular complexity index is 572. The van der Waals surface area contributed by atoms with Crippen molar-refractivity contribution in [1.29, 1.82) is 0 Å².